The first-order chi connectivity index (χ1) is 24.3. The molecule has 1 aliphatic carbocycles. The van der Waals surface area contributed by atoms with Crippen LogP contribution in [0.1, 0.15) is 174 Å². The molecule has 0 saturated heterocycles. The standard InChI is InChI=1S/C43H83N3O4/c1-5-7-9-21-28-39-32-33-40(29-22-17-14-16-20-26-37-50-45-34-27-35-46(3,4)38-43(47)48)42(41(39)30-23-10-8-6-2)31-24-18-13-11-12-15-19-25-36-49-44/h24,31-33,39-42,45H,5-23,25-30,34-38,44H2,1-4H3/p+1/b31-24-. The highest BCUT2D eigenvalue weighted by molar-refractivity contribution is 5.67. The van der Waals surface area contributed by atoms with Gasteiger partial charge in [0.2, 0.25) is 0 Å². The summed E-state index contributed by atoms with van der Waals surface area (Å²) < 4.78 is 0.499. The minimum absolute atomic E-state index is 0.156. The van der Waals surface area contributed by atoms with Crippen LogP contribution < -0.4 is 11.4 Å². The van der Waals surface area contributed by atoms with E-state index in [9.17, 15) is 4.79 Å². The predicted molar refractivity (Wildman–Crippen MR) is 213 cm³/mol. The van der Waals surface area contributed by atoms with Gasteiger partial charge in [-0.15, -0.1) is 0 Å². The van der Waals surface area contributed by atoms with E-state index in [-0.39, 0.29) is 6.54 Å². The van der Waals surface area contributed by atoms with Gasteiger partial charge in [0.05, 0.1) is 33.9 Å². The van der Waals surface area contributed by atoms with E-state index in [0.717, 1.165) is 50.8 Å². The Morgan fingerprint density at radius 2 is 1.26 bits per heavy atom. The number of nitrogens with zero attached hydrogens (tertiary/aromatic N) is 1. The Hall–Kier alpha value is -1.25. The van der Waals surface area contributed by atoms with Crippen LogP contribution >= 0.6 is 0 Å². The molecule has 0 heterocycles. The molecule has 0 aromatic heterocycles. The van der Waals surface area contributed by atoms with Crippen molar-refractivity contribution in [3.05, 3.63) is 24.3 Å². The van der Waals surface area contributed by atoms with E-state index in [0.29, 0.717) is 22.9 Å². The van der Waals surface area contributed by atoms with Crippen molar-refractivity contribution >= 4 is 5.97 Å². The molecule has 4 atom stereocenters. The maximum Gasteiger partial charge on any atom is 0.359 e. The number of hydroxylamine groups is 1. The number of aliphatic carboxylic acids is 1. The molecule has 0 aliphatic heterocycles. The molecule has 4 unspecified atom stereocenters. The van der Waals surface area contributed by atoms with Crippen molar-refractivity contribution in [2.45, 2.75) is 174 Å². The Balaban J connectivity index is 2.51. The normalized spacial score (nSPS) is 19.5. The molecule has 1 rings (SSSR count). The minimum atomic E-state index is -0.746. The number of unbranched alkanes of at least 4 members (excludes halogenated alkanes) is 17. The number of quaternary nitrogens is 1. The third kappa shape index (κ3) is 25.7. The number of nitrogens with two attached hydrogens (primary N) is 1. The van der Waals surface area contributed by atoms with E-state index >= 15 is 0 Å². The number of hydrogen-bond acceptors (Lipinski definition) is 5. The number of likely N-dealkylation sites (N-methyl/N-ethyl adjacent to an activating group) is 1. The van der Waals surface area contributed by atoms with Crippen molar-refractivity contribution in [3.63, 3.8) is 0 Å². The first-order valence-corrected chi connectivity index (χ1v) is 21.4. The highest BCUT2D eigenvalue weighted by Gasteiger charge is 2.33. The van der Waals surface area contributed by atoms with Crippen LogP contribution in [0.3, 0.4) is 0 Å². The van der Waals surface area contributed by atoms with Crippen LogP contribution in [0.5, 0.6) is 0 Å². The third-order valence-corrected chi connectivity index (χ3v) is 10.9. The number of carboxylic acid groups (broad SMARTS) is 1. The van der Waals surface area contributed by atoms with E-state index in [4.69, 9.17) is 20.7 Å². The fourth-order valence-corrected chi connectivity index (χ4v) is 7.90. The van der Waals surface area contributed by atoms with Gasteiger partial charge >= 0.3 is 5.97 Å². The van der Waals surface area contributed by atoms with Crippen LogP contribution in [-0.4, -0.2) is 62.5 Å². The molecule has 0 spiro atoms. The maximum absolute atomic E-state index is 11.0. The van der Waals surface area contributed by atoms with Crippen LogP contribution in [0, 0.1) is 23.7 Å². The SMILES string of the molecule is CCCCCCC1C=CC(CCCCCCCCONCCC[N+](C)(C)CC(=O)O)C(/C=C\CCCCCCCCON)C1CCCCCC. The molecule has 4 N–H and O–H groups in total. The fraction of sp³-hybridized carbons (Fsp3) is 0.884. The molecule has 50 heavy (non-hydrogen) atoms. The Bertz CT molecular complexity index is 833. The van der Waals surface area contributed by atoms with Gasteiger partial charge in [-0.05, 0) is 68.6 Å². The smallest absolute Gasteiger partial charge is 0.359 e. The van der Waals surface area contributed by atoms with Crippen molar-refractivity contribution in [1.29, 1.82) is 0 Å². The van der Waals surface area contributed by atoms with Crippen molar-refractivity contribution < 1.29 is 24.1 Å². The lowest BCUT2D eigenvalue weighted by molar-refractivity contribution is -0.883. The van der Waals surface area contributed by atoms with Crippen molar-refractivity contribution in [3.8, 4) is 0 Å². The average Bonchev–Trinajstić information content (AvgIpc) is 3.08. The van der Waals surface area contributed by atoms with Crippen molar-refractivity contribution in [2.24, 2.45) is 29.6 Å². The van der Waals surface area contributed by atoms with Crippen molar-refractivity contribution in [1.82, 2.24) is 5.48 Å². The quantitative estimate of drug-likeness (QED) is 0.0260. The van der Waals surface area contributed by atoms with Gasteiger partial charge in [0.1, 0.15) is 0 Å². The van der Waals surface area contributed by atoms with Gasteiger partial charge in [0.25, 0.3) is 0 Å². The summed E-state index contributed by atoms with van der Waals surface area (Å²) in [7, 11) is 3.92. The fourth-order valence-electron chi connectivity index (χ4n) is 7.90. The summed E-state index contributed by atoms with van der Waals surface area (Å²) in [6, 6.07) is 0. The van der Waals surface area contributed by atoms with Crippen LogP contribution in [0.4, 0.5) is 0 Å². The first kappa shape index (κ1) is 46.8. The Labute approximate surface area is 310 Å². The topological polar surface area (TPSA) is 93.8 Å². The van der Waals surface area contributed by atoms with E-state index in [1.165, 1.54) is 141 Å². The van der Waals surface area contributed by atoms with Gasteiger partial charge in [-0.25, -0.2) is 16.2 Å². The zero-order valence-electron chi connectivity index (χ0n) is 33.5. The van der Waals surface area contributed by atoms with Gasteiger partial charge in [0, 0.05) is 13.0 Å². The molecule has 0 aromatic rings. The highest BCUT2D eigenvalue weighted by Crippen LogP contribution is 2.43. The molecular formula is C43H84N3O4+. The summed E-state index contributed by atoms with van der Waals surface area (Å²) in [5.74, 6) is 7.39. The van der Waals surface area contributed by atoms with Crippen molar-refractivity contribution in [2.75, 3.05) is 46.9 Å². The second-order valence-electron chi connectivity index (χ2n) is 16.1. The second-order valence-corrected chi connectivity index (χ2v) is 16.1. The summed E-state index contributed by atoms with van der Waals surface area (Å²) in [6.45, 7) is 7.83. The van der Waals surface area contributed by atoms with Crippen LogP contribution in [0.25, 0.3) is 0 Å². The number of nitrogens with one attached hydrogen (secondary N) is 1. The molecular weight excluding hydrogens is 622 g/mol. The summed E-state index contributed by atoms with van der Waals surface area (Å²) in [4.78, 5) is 21.3. The lowest BCUT2D eigenvalue weighted by Gasteiger charge is -2.39. The zero-order valence-corrected chi connectivity index (χ0v) is 33.5. The molecule has 294 valence electrons. The van der Waals surface area contributed by atoms with Gasteiger partial charge < -0.3 is 19.3 Å². The van der Waals surface area contributed by atoms with Gasteiger partial charge in [-0.3, -0.25) is 0 Å². The van der Waals surface area contributed by atoms with E-state index in [1.54, 1.807) is 0 Å². The number of carboxylic acids is 1. The molecule has 0 fully saturated rings. The number of hydrogen-bond donors (Lipinski definition) is 3. The summed E-state index contributed by atoms with van der Waals surface area (Å²) in [5.41, 5.74) is 3.06. The molecule has 0 radical (unpaired) electrons. The largest absolute Gasteiger partial charge is 0.477 e. The lowest BCUT2D eigenvalue weighted by atomic mass is 9.66. The third-order valence-electron chi connectivity index (χ3n) is 10.9. The highest BCUT2D eigenvalue weighted by atomic mass is 16.6. The van der Waals surface area contributed by atoms with E-state index < -0.39 is 5.97 Å². The Morgan fingerprint density at radius 1 is 0.720 bits per heavy atom. The summed E-state index contributed by atoms with van der Waals surface area (Å²) in [5, 5.41) is 9.02. The predicted octanol–water partition coefficient (Wildman–Crippen LogP) is 10.9. The molecule has 0 aromatic carbocycles. The zero-order chi connectivity index (χ0) is 36.5. The maximum atomic E-state index is 11.0. The lowest BCUT2D eigenvalue weighted by Crippen LogP contribution is -2.45. The van der Waals surface area contributed by atoms with Gasteiger partial charge in [0.15, 0.2) is 6.54 Å². The number of rotatable bonds is 36. The average molecular weight is 707 g/mol. The van der Waals surface area contributed by atoms with Crippen LogP contribution in [0.15, 0.2) is 24.3 Å². The molecule has 0 bridgehead atoms. The minimum Gasteiger partial charge on any atom is -0.477 e. The summed E-state index contributed by atoms with van der Waals surface area (Å²) >= 11 is 0. The van der Waals surface area contributed by atoms with Gasteiger partial charge in [-0.1, -0.05) is 147 Å². The monoisotopic (exact) mass is 707 g/mol. The van der Waals surface area contributed by atoms with E-state index in [2.05, 4.69) is 43.6 Å². The Kier molecular flexibility index (Phi) is 30.3. The molecule has 1 aliphatic rings. The molecule has 7 nitrogen and oxygen atoms in total. The van der Waals surface area contributed by atoms with Gasteiger partial charge in [-0.2, -0.15) is 0 Å². The Morgan fingerprint density at radius 3 is 1.90 bits per heavy atom. The molecule has 7 heteroatoms. The molecule has 0 saturated carbocycles. The number of allylic oxidation sites excluding steroid dienone is 4. The second kappa shape index (κ2) is 32.4. The van der Waals surface area contributed by atoms with Crippen LogP contribution in [0.2, 0.25) is 0 Å². The molecule has 0 amide bonds. The van der Waals surface area contributed by atoms with Crippen LogP contribution in [-0.2, 0) is 14.5 Å². The van der Waals surface area contributed by atoms with E-state index in [1.807, 2.05) is 14.1 Å². The number of carbonyl (C=O) groups is 1. The first-order valence-electron chi connectivity index (χ1n) is 21.4. The summed E-state index contributed by atoms with van der Waals surface area (Å²) in [6.07, 6.45) is 43.0.